The summed E-state index contributed by atoms with van der Waals surface area (Å²) in [6, 6.07) is 4.77. The van der Waals surface area contributed by atoms with Crippen molar-refractivity contribution < 1.29 is 4.92 Å². The molecule has 1 aromatic carbocycles. The molecule has 1 heterocycles. The van der Waals surface area contributed by atoms with Crippen molar-refractivity contribution in [3.8, 4) is 0 Å². The third-order valence-electron chi connectivity index (χ3n) is 3.04. The summed E-state index contributed by atoms with van der Waals surface area (Å²) in [5.74, 6) is 0. The molecular weight excluding hydrogens is 274 g/mol. The molecule has 2 aromatic rings. The summed E-state index contributed by atoms with van der Waals surface area (Å²) in [5.41, 5.74) is 1.04. The van der Waals surface area contributed by atoms with Crippen molar-refractivity contribution in [1.82, 2.24) is 14.3 Å². The Morgan fingerprint density at radius 2 is 2.19 bits per heavy atom. The number of nitrogens with one attached hydrogen (secondary N) is 1. The molecule has 0 aliphatic heterocycles. The van der Waals surface area contributed by atoms with Gasteiger partial charge in [0.2, 0.25) is 0 Å². The lowest BCUT2D eigenvalue weighted by Crippen LogP contribution is -2.23. The molecular formula is C13H17N5O3. The molecule has 0 radical (unpaired) electrons. The van der Waals surface area contributed by atoms with E-state index in [4.69, 9.17) is 0 Å². The number of hydrogen-bond donors (Lipinski definition) is 1. The summed E-state index contributed by atoms with van der Waals surface area (Å²) in [7, 11) is 1.62. The van der Waals surface area contributed by atoms with E-state index in [0.717, 1.165) is 12.0 Å². The molecule has 0 saturated heterocycles. The first-order valence-corrected chi connectivity index (χ1v) is 6.62. The van der Waals surface area contributed by atoms with Crippen LogP contribution in [-0.2, 0) is 13.6 Å². The summed E-state index contributed by atoms with van der Waals surface area (Å²) >= 11 is 0. The van der Waals surface area contributed by atoms with E-state index >= 15 is 0 Å². The van der Waals surface area contributed by atoms with E-state index in [1.807, 2.05) is 6.92 Å². The molecule has 8 nitrogen and oxygen atoms in total. The number of hydrogen-bond acceptors (Lipinski definition) is 5. The van der Waals surface area contributed by atoms with Crippen LogP contribution in [0, 0.1) is 10.1 Å². The van der Waals surface area contributed by atoms with Gasteiger partial charge >= 0.3 is 5.69 Å². The average Bonchev–Trinajstić information content (AvgIpc) is 2.77. The molecule has 1 aromatic heterocycles. The molecule has 0 saturated carbocycles. The van der Waals surface area contributed by atoms with E-state index < -0.39 is 4.92 Å². The fourth-order valence-corrected chi connectivity index (χ4v) is 1.94. The van der Waals surface area contributed by atoms with Crippen molar-refractivity contribution in [3.05, 3.63) is 50.7 Å². The lowest BCUT2D eigenvalue weighted by molar-refractivity contribution is -0.384. The van der Waals surface area contributed by atoms with E-state index in [-0.39, 0.29) is 17.9 Å². The number of nitro benzene ring substituents is 1. The van der Waals surface area contributed by atoms with E-state index in [2.05, 4.69) is 10.4 Å². The van der Waals surface area contributed by atoms with Crippen LogP contribution in [0.2, 0.25) is 0 Å². The summed E-state index contributed by atoms with van der Waals surface area (Å²) in [5, 5.41) is 18.0. The van der Waals surface area contributed by atoms with E-state index in [0.29, 0.717) is 12.2 Å². The maximum atomic E-state index is 11.7. The van der Waals surface area contributed by atoms with Gasteiger partial charge in [-0.2, -0.15) is 5.10 Å². The number of nitrogens with zero attached hydrogens (tertiary/aromatic N) is 4. The van der Waals surface area contributed by atoms with Crippen molar-refractivity contribution >= 4 is 11.4 Å². The zero-order valence-corrected chi connectivity index (χ0v) is 11.9. The number of aromatic nitrogens is 3. The molecule has 8 heteroatoms. The maximum Gasteiger partial charge on any atom is 0.345 e. The zero-order valence-electron chi connectivity index (χ0n) is 11.9. The minimum atomic E-state index is -0.422. The van der Waals surface area contributed by atoms with Gasteiger partial charge in [0, 0.05) is 19.7 Å². The van der Waals surface area contributed by atoms with Crippen LogP contribution >= 0.6 is 0 Å². The van der Waals surface area contributed by atoms with Gasteiger partial charge in [0.1, 0.15) is 12.0 Å². The van der Waals surface area contributed by atoms with Gasteiger partial charge in [-0.15, -0.1) is 0 Å². The van der Waals surface area contributed by atoms with Crippen LogP contribution in [0.3, 0.4) is 0 Å². The predicted octanol–water partition coefficient (Wildman–Crippen LogP) is 1.36. The molecule has 1 N–H and O–H groups in total. The minimum absolute atomic E-state index is 0.0283. The standard InChI is InChI=1S/C13H17N5O3/c1-3-6-14-11-7-10(4-5-12(11)18(20)21)8-17-13(19)16(2)9-15-17/h4-5,7,9,14H,3,6,8H2,1-2H3. The monoisotopic (exact) mass is 291 g/mol. The molecule has 0 atom stereocenters. The SMILES string of the molecule is CCCNc1cc(Cn2ncn(C)c2=O)ccc1[N+](=O)[O-]. The van der Waals surface area contributed by atoms with E-state index in [9.17, 15) is 14.9 Å². The second-order valence-electron chi connectivity index (χ2n) is 4.72. The fourth-order valence-electron chi connectivity index (χ4n) is 1.94. The Kier molecular flexibility index (Phi) is 4.36. The maximum absolute atomic E-state index is 11.7. The zero-order chi connectivity index (χ0) is 15.4. The summed E-state index contributed by atoms with van der Waals surface area (Å²) in [6.45, 7) is 2.91. The van der Waals surface area contributed by atoms with Crippen LogP contribution in [0.15, 0.2) is 29.3 Å². The normalized spacial score (nSPS) is 10.6. The number of anilines is 1. The highest BCUT2D eigenvalue weighted by atomic mass is 16.6. The van der Waals surface area contributed by atoms with Gasteiger partial charge in [0.25, 0.3) is 5.69 Å². The Morgan fingerprint density at radius 3 is 2.76 bits per heavy atom. The van der Waals surface area contributed by atoms with Gasteiger partial charge in [-0.25, -0.2) is 9.48 Å². The minimum Gasteiger partial charge on any atom is -0.379 e. The molecule has 0 fully saturated rings. The largest absolute Gasteiger partial charge is 0.379 e. The summed E-state index contributed by atoms with van der Waals surface area (Å²) < 4.78 is 2.69. The predicted molar refractivity (Wildman–Crippen MR) is 78.4 cm³/mol. The third kappa shape index (κ3) is 3.28. The van der Waals surface area contributed by atoms with E-state index in [1.165, 1.54) is 21.6 Å². The van der Waals surface area contributed by atoms with E-state index in [1.54, 1.807) is 19.2 Å². The van der Waals surface area contributed by atoms with Crippen molar-refractivity contribution in [2.24, 2.45) is 7.05 Å². The summed E-state index contributed by atoms with van der Waals surface area (Å²) in [6.07, 6.45) is 2.30. The first-order chi connectivity index (χ1) is 10.0. The number of rotatable bonds is 6. The Morgan fingerprint density at radius 1 is 1.43 bits per heavy atom. The number of nitro groups is 1. The number of benzene rings is 1. The highest BCUT2D eigenvalue weighted by molar-refractivity contribution is 5.62. The Balaban J connectivity index is 2.30. The topological polar surface area (TPSA) is 95.0 Å². The second-order valence-corrected chi connectivity index (χ2v) is 4.72. The van der Waals surface area contributed by atoms with Crippen molar-refractivity contribution in [3.63, 3.8) is 0 Å². The molecule has 0 aliphatic carbocycles. The van der Waals surface area contributed by atoms with Crippen molar-refractivity contribution in [2.45, 2.75) is 19.9 Å². The first-order valence-electron chi connectivity index (χ1n) is 6.62. The van der Waals surface area contributed by atoms with Crippen LogP contribution in [-0.4, -0.2) is 25.8 Å². The molecule has 0 spiro atoms. The Bertz CT molecular complexity index is 704. The fraction of sp³-hybridized carbons (Fsp3) is 0.385. The lowest BCUT2D eigenvalue weighted by atomic mass is 10.1. The third-order valence-corrected chi connectivity index (χ3v) is 3.04. The first kappa shape index (κ1) is 14.8. The van der Waals surface area contributed by atoms with Crippen LogP contribution in [0.4, 0.5) is 11.4 Å². The molecule has 0 amide bonds. The molecule has 0 aliphatic rings. The smallest absolute Gasteiger partial charge is 0.345 e. The number of aryl methyl sites for hydroxylation is 1. The van der Waals surface area contributed by atoms with Crippen molar-refractivity contribution in [1.29, 1.82) is 0 Å². The van der Waals surface area contributed by atoms with Gasteiger partial charge < -0.3 is 5.32 Å². The molecule has 2 rings (SSSR count). The quantitative estimate of drug-likeness (QED) is 0.640. The van der Waals surface area contributed by atoms with Crippen LogP contribution < -0.4 is 11.0 Å². The van der Waals surface area contributed by atoms with Gasteiger partial charge in [0.05, 0.1) is 11.5 Å². The molecule has 0 bridgehead atoms. The molecule has 21 heavy (non-hydrogen) atoms. The highest BCUT2D eigenvalue weighted by Crippen LogP contribution is 2.25. The Hall–Kier alpha value is -2.64. The second kappa shape index (κ2) is 6.21. The average molecular weight is 291 g/mol. The van der Waals surface area contributed by atoms with Crippen LogP contribution in [0.5, 0.6) is 0 Å². The highest BCUT2D eigenvalue weighted by Gasteiger charge is 2.14. The lowest BCUT2D eigenvalue weighted by Gasteiger charge is -2.08. The summed E-state index contributed by atoms with van der Waals surface area (Å²) in [4.78, 5) is 22.3. The Labute approximate surface area is 121 Å². The van der Waals surface area contributed by atoms with Gasteiger partial charge in [-0.05, 0) is 18.1 Å². The van der Waals surface area contributed by atoms with Gasteiger partial charge in [0.15, 0.2) is 0 Å². The van der Waals surface area contributed by atoms with Crippen LogP contribution in [0.1, 0.15) is 18.9 Å². The van der Waals surface area contributed by atoms with Gasteiger partial charge in [-0.3, -0.25) is 14.7 Å². The molecule has 112 valence electrons. The van der Waals surface area contributed by atoms with Crippen molar-refractivity contribution in [2.75, 3.05) is 11.9 Å². The molecule has 0 unspecified atom stereocenters. The van der Waals surface area contributed by atoms with Gasteiger partial charge in [-0.1, -0.05) is 13.0 Å². The van der Waals surface area contributed by atoms with Crippen LogP contribution in [0.25, 0.3) is 0 Å².